The van der Waals surface area contributed by atoms with E-state index in [0.717, 1.165) is 11.1 Å². The number of aromatic nitrogens is 2. The van der Waals surface area contributed by atoms with Crippen LogP contribution in [0.15, 0.2) is 52.4 Å². The van der Waals surface area contributed by atoms with Crippen LogP contribution in [0.1, 0.15) is 29.0 Å². The second kappa shape index (κ2) is 9.26. The second-order valence-corrected chi connectivity index (χ2v) is 8.67. The van der Waals surface area contributed by atoms with E-state index in [1.54, 1.807) is 38.0 Å². The molecular weight excluding hydrogens is 450 g/mol. The molecule has 7 nitrogen and oxygen atoms in total. The van der Waals surface area contributed by atoms with Crippen LogP contribution in [0.3, 0.4) is 0 Å². The number of carbonyl (C=O) groups is 1. The molecule has 1 atom stereocenters. The van der Waals surface area contributed by atoms with Gasteiger partial charge in [-0.1, -0.05) is 47.6 Å². The van der Waals surface area contributed by atoms with Gasteiger partial charge in [0.15, 0.2) is 16.7 Å². The average molecular weight is 472 g/mol. The van der Waals surface area contributed by atoms with Crippen molar-refractivity contribution >= 4 is 35.1 Å². The summed E-state index contributed by atoms with van der Waals surface area (Å²) in [4.78, 5) is 30.0. The molecule has 0 saturated heterocycles. The maximum absolute atomic E-state index is 13.1. The van der Waals surface area contributed by atoms with Crippen molar-refractivity contribution in [2.75, 3.05) is 19.5 Å². The summed E-state index contributed by atoms with van der Waals surface area (Å²) in [5, 5.41) is 4.02. The third-order valence-electron chi connectivity index (χ3n) is 5.43. The maximum Gasteiger partial charge on any atom is 0.279 e. The van der Waals surface area contributed by atoms with Crippen LogP contribution in [0, 0.1) is 0 Å². The molecule has 1 aliphatic rings. The van der Waals surface area contributed by atoms with Crippen molar-refractivity contribution in [3.63, 3.8) is 0 Å². The minimum atomic E-state index is -0.438. The summed E-state index contributed by atoms with van der Waals surface area (Å²) in [6.07, 6.45) is 0.144. The lowest BCUT2D eigenvalue weighted by molar-refractivity contribution is -0.116. The fraction of sp³-hybridized carbons (Fsp3) is 0.261. The third kappa shape index (κ3) is 4.20. The van der Waals surface area contributed by atoms with E-state index < -0.39 is 5.92 Å². The summed E-state index contributed by atoms with van der Waals surface area (Å²) >= 11 is 7.64. The van der Waals surface area contributed by atoms with E-state index >= 15 is 0 Å². The predicted octanol–water partition coefficient (Wildman–Crippen LogP) is 4.22. The van der Waals surface area contributed by atoms with Crippen molar-refractivity contribution < 1.29 is 14.3 Å². The zero-order valence-electron chi connectivity index (χ0n) is 17.8. The highest BCUT2D eigenvalue weighted by Crippen LogP contribution is 2.39. The first-order valence-corrected chi connectivity index (χ1v) is 11.3. The van der Waals surface area contributed by atoms with Crippen LogP contribution < -0.4 is 20.3 Å². The Kier molecular flexibility index (Phi) is 6.43. The van der Waals surface area contributed by atoms with Gasteiger partial charge in [0.1, 0.15) is 5.82 Å². The number of hydrogen-bond donors (Lipinski definition) is 1. The molecule has 32 heavy (non-hydrogen) atoms. The Hall–Kier alpha value is -2.97. The normalized spacial score (nSPS) is 15.1. The summed E-state index contributed by atoms with van der Waals surface area (Å²) in [6, 6.07) is 12.9. The molecule has 1 amide bonds. The largest absolute Gasteiger partial charge is 0.493 e. The maximum atomic E-state index is 13.1. The number of nitrogens with one attached hydrogen (secondary N) is 1. The minimum absolute atomic E-state index is 0.144. The number of ether oxygens (including phenoxy) is 2. The Morgan fingerprint density at radius 2 is 1.91 bits per heavy atom. The Morgan fingerprint density at radius 3 is 2.62 bits per heavy atom. The van der Waals surface area contributed by atoms with Gasteiger partial charge in [-0.15, -0.1) is 0 Å². The third-order valence-corrected chi connectivity index (χ3v) is 6.87. The smallest absolute Gasteiger partial charge is 0.279 e. The lowest BCUT2D eigenvalue weighted by Gasteiger charge is -2.28. The van der Waals surface area contributed by atoms with Crippen molar-refractivity contribution in [3.05, 3.63) is 74.5 Å². The number of amides is 1. The van der Waals surface area contributed by atoms with Crippen molar-refractivity contribution in [2.45, 2.75) is 23.2 Å². The van der Waals surface area contributed by atoms with Crippen LogP contribution in [0.25, 0.3) is 0 Å². The summed E-state index contributed by atoms with van der Waals surface area (Å²) in [5.41, 5.74) is 1.83. The SMILES string of the molecule is COc1ccc(C2CC(=O)Nc3c2c(=O)nc(SCc2ccccc2Cl)n3C)cc1OC. The highest BCUT2D eigenvalue weighted by molar-refractivity contribution is 7.98. The fourth-order valence-corrected chi connectivity index (χ4v) is 5.03. The van der Waals surface area contributed by atoms with Gasteiger partial charge >= 0.3 is 0 Å². The van der Waals surface area contributed by atoms with Crippen LogP contribution in [0.5, 0.6) is 11.5 Å². The van der Waals surface area contributed by atoms with E-state index in [1.807, 2.05) is 30.3 Å². The molecular formula is C23H22ClN3O4S. The van der Waals surface area contributed by atoms with Gasteiger partial charge < -0.3 is 19.4 Å². The quantitative estimate of drug-likeness (QED) is 0.428. The molecule has 0 spiro atoms. The van der Waals surface area contributed by atoms with Gasteiger partial charge in [-0.25, -0.2) is 0 Å². The molecule has 1 N–H and O–H groups in total. The van der Waals surface area contributed by atoms with Crippen molar-refractivity contribution in [1.82, 2.24) is 9.55 Å². The van der Waals surface area contributed by atoms with Crippen LogP contribution in [0.2, 0.25) is 5.02 Å². The fourth-order valence-electron chi connectivity index (χ4n) is 3.78. The molecule has 2 aromatic carbocycles. The van der Waals surface area contributed by atoms with Gasteiger partial charge in [-0.2, -0.15) is 4.98 Å². The Labute approximate surface area is 194 Å². The first-order chi connectivity index (χ1) is 15.4. The first kappa shape index (κ1) is 22.2. The molecule has 1 unspecified atom stereocenters. The summed E-state index contributed by atoms with van der Waals surface area (Å²) in [5.74, 6) is 1.52. The minimum Gasteiger partial charge on any atom is -0.493 e. The van der Waals surface area contributed by atoms with E-state index in [9.17, 15) is 9.59 Å². The second-order valence-electron chi connectivity index (χ2n) is 7.32. The molecule has 0 radical (unpaired) electrons. The molecule has 1 aliphatic heterocycles. The number of carbonyl (C=O) groups excluding carboxylic acids is 1. The molecule has 166 valence electrons. The molecule has 0 aliphatic carbocycles. The topological polar surface area (TPSA) is 82.5 Å². The van der Waals surface area contributed by atoms with Crippen LogP contribution in [-0.2, 0) is 17.6 Å². The monoisotopic (exact) mass is 471 g/mol. The van der Waals surface area contributed by atoms with Gasteiger partial charge in [0, 0.05) is 30.2 Å². The molecule has 2 heterocycles. The predicted molar refractivity (Wildman–Crippen MR) is 125 cm³/mol. The molecule has 4 rings (SSSR count). The van der Waals surface area contributed by atoms with Crippen LogP contribution in [-0.4, -0.2) is 29.7 Å². The van der Waals surface area contributed by atoms with E-state index in [-0.39, 0.29) is 17.9 Å². The van der Waals surface area contributed by atoms with Gasteiger partial charge in [0.25, 0.3) is 5.56 Å². The molecule has 0 bridgehead atoms. The molecule has 0 fully saturated rings. The van der Waals surface area contributed by atoms with Crippen molar-refractivity contribution in [2.24, 2.45) is 7.05 Å². The number of anilines is 1. The number of methoxy groups -OCH3 is 2. The first-order valence-electron chi connectivity index (χ1n) is 9.91. The number of thioether (sulfide) groups is 1. The summed E-state index contributed by atoms with van der Waals surface area (Å²) in [6.45, 7) is 0. The van der Waals surface area contributed by atoms with Gasteiger partial charge in [-0.3, -0.25) is 9.59 Å². The lowest BCUT2D eigenvalue weighted by atomic mass is 9.86. The van der Waals surface area contributed by atoms with Crippen LogP contribution >= 0.6 is 23.4 Å². The van der Waals surface area contributed by atoms with E-state index in [0.29, 0.717) is 38.8 Å². The standard InChI is InChI=1S/C23H22ClN3O4S/c1-27-21-20(22(29)26-23(27)32-12-14-6-4-5-7-16(14)24)15(11-19(28)25-21)13-8-9-17(30-2)18(10-13)31-3/h4-10,15H,11-12H2,1-3H3,(H,25,28). The Morgan fingerprint density at radius 1 is 1.16 bits per heavy atom. The average Bonchev–Trinajstić information content (AvgIpc) is 2.80. The number of halogens is 1. The highest BCUT2D eigenvalue weighted by Gasteiger charge is 2.32. The number of benzene rings is 2. The van der Waals surface area contributed by atoms with E-state index in [2.05, 4.69) is 10.3 Å². The lowest BCUT2D eigenvalue weighted by Crippen LogP contribution is -2.33. The molecule has 3 aromatic rings. The van der Waals surface area contributed by atoms with Gasteiger partial charge in [0.2, 0.25) is 5.91 Å². The zero-order chi connectivity index (χ0) is 22.8. The van der Waals surface area contributed by atoms with Crippen LogP contribution in [0.4, 0.5) is 5.82 Å². The Bertz CT molecular complexity index is 1240. The summed E-state index contributed by atoms with van der Waals surface area (Å²) < 4.78 is 12.5. The number of nitrogens with zero attached hydrogens (tertiary/aromatic N) is 2. The summed E-state index contributed by atoms with van der Waals surface area (Å²) in [7, 11) is 4.89. The number of hydrogen-bond acceptors (Lipinski definition) is 6. The van der Waals surface area contributed by atoms with Crippen molar-refractivity contribution in [1.29, 1.82) is 0 Å². The van der Waals surface area contributed by atoms with Crippen molar-refractivity contribution in [3.8, 4) is 11.5 Å². The number of rotatable bonds is 6. The molecule has 1 aromatic heterocycles. The zero-order valence-corrected chi connectivity index (χ0v) is 19.4. The van der Waals surface area contributed by atoms with E-state index in [1.165, 1.54) is 11.8 Å². The molecule has 9 heteroatoms. The van der Waals surface area contributed by atoms with E-state index in [4.69, 9.17) is 21.1 Å². The van der Waals surface area contributed by atoms with Gasteiger partial charge in [-0.05, 0) is 29.3 Å². The van der Waals surface area contributed by atoms with Gasteiger partial charge in [0.05, 0.1) is 19.8 Å². The number of fused-ring (bicyclic) bond motifs is 1. The molecule has 0 saturated carbocycles. The Balaban J connectivity index is 1.73. The highest BCUT2D eigenvalue weighted by atomic mass is 35.5.